The van der Waals surface area contributed by atoms with E-state index in [1.54, 1.807) is 20.6 Å². The van der Waals surface area contributed by atoms with Crippen molar-refractivity contribution in [3.05, 3.63) is 41.6 Å². The molecule has 26 heavy (non-hydrogen) atoms. The molecule has 0 fully saturated rings. The van der Waals surface area contributed by atoms with Gasteiger partial charge in [0.1, 0.15) is 17.6 Å². The summed E-state index contributed by atoms with van der Waals surface area (Å²) >= 11 is 0. The van der Waals surface area contributed by atoms with E-state index in [0.717, 1.165) is 35.0 Å². The summed E-state index contributed by atoms with van der Waals surface area (Å²) in [5.41, 5.74) is 2.60. The molecule has 0 N–H and O–H groups in total. The molecule has 1 aromatic heterocycles. The third-order valence-corrected chi connectivity index (χ3v) is 4.07. The van der Waals surface area contributed by atoms with E-state index in [1.165, 1.54) is 0 Å². The monoisotopic (exact) mass is 357 g/mol. The largest absolute Gasteiger partial charge is 0.497 e. The minimum absolute atomic E-state index is 0.202. The molecule has 2 aromatic rings. The van der Waals surface area contributed by atoms with Crippen molar-refractivity contribution in [1.82, 2.24) is 9.88 Å². The van der Waals surface area contributed by atoms with Gasteiger partial charge in [0.2, 0.25) is 5.88 Å². The lowest BCUT2D eigenvalue weighted by atomic mass is 10.1. The van der Waals surface area contributed by atoms with Gasteiger partial charge in [-0.1, -0.05) is 0 Å². The first-order valence-corrected chi connectivity index (χ1v) is 8.58. The van der Waals surface area contributed by atoms with Crippen molar-refractivity contribution in [2.45, 2.75) is 26.9 Å². The van der Waals surface area contributed by atoms with Crippen LogP contribution in [0.5, 0.6) is 17.4 Å². The summed E-state index contributed by atoms with van der Waals surface area (Å²) in [7, 11) is 5.24. The van der Waals surface area contributed by atoms with Crippen LogP contribution >= 0.6 is 0 Å². The Morgan fingerprint density at radius 1 is 1.15 bits per heavy atom. The molecule has 1 aromatic carbocycles. The van der Waals surface area contributed by atoms with Gasteiger partial charge in [0.15, 0.2) is 0 Å². The van der Waals surface area contributed by atoms with Gasteiger partial charge in [0, 0.05) is 25.7 Å². The smallest absolute Gasteiger partial charge is 0.214 e. The number of pyridine rings is 1. The Balaban J connectivity index is 2.15. The van der Waals surface area contributed by atoms with Gasteiger partial charge in [0.25, 0.3) is 0 Å². The second-order valence-electron chi connectivity index (χ2n) is 5.98. The average molecular weight is 357 g/mol. The van der Waals surface area contributed by atoms with E-state index in [0.29, 0.717) is 5.88 Å². The van der Waals surface area contributed by atoms with Gasteiger partial charge in [-0.15, -0.1) is 0 Å². The van der Waals surface area contributed by atoms with Crippen LogP contribution in [-0.4, -0.2) is 44.0 Å². The van der Waals surface area contributed by atoms with Crippen LogP contribution in [0.15, 0.2) is 35.3 Å². The van der Waals surface area contributed by atoms with Crippen molar-refractivity contribution in [2.24, 2.45) is 4.99 Å². The standard InChI is InChI=1S/C20H27N3O3/c1-7-23(4)13-21-19-8-9-20(22-14(19)2)26-15(3)16-10-17(24-5)12-18(11-16)25-6/h8-13,15H,7H2,1-6H3/b21-13+. The van der Waals surface area contributed by atoms with Crippen LogP contribution in [-0.2, 0) is 0 Å². The molecule has 2 rings (SSSR count). The predicted molar refractivity (Wildman–Crippen MR) is 104 cm³/mol. The number of hydrogen-bond acceptors (Lipinski definition) is 5. The summed E-state index contributed by atoms with van der Waals surface area (Å²) in [4.78, 5) is 11.0. The average Bonchev–Trinajstić information content (AvgIpc) is 2.66. The molecule has 6 nitrogen and oxygen atoms in total. The maximum Gasteiger partial charge on any atom is 0.214 e. The Morgan fingerprint density at radius 2 is 1.81 bits per heavy atom. The fourth-order valence-electron chi connectivity index (χ4n) is 2.29. The number of ether oxygens (including phenoxy) is 3. The predicted octanol–water partition coefficient (Wildman–Crippen LogP) is 4.16. The highest BCUT2D eigenvalue weighted by atomic mass is 16.5. The van der Waals surface area contributed by atoms with Gasteiger partial charge in [0.05, 0.1) is 31.9 Å². The van der Waals surface area contributed by atoms with Crippen LogP contribution in [0.2, 0.25) is 0 Å². The number of aromatic nitrogens is 1. The molecule has 1 heterocycles. The molecule has 0 saturated carbocycles. The molecular weight excluding hydrogens is 330 g/mol. The van der Waals surface area contributed by atoms with Crippen molar-refractivity contribution in [3.63, 3.8) is 0 Å². The SMILES string of the molecule is CCN(C)/C=N/c1ccc(OC(C)c2cc(OC)cc(OC)c2)nc1C. The molecule has 0 aliphatic heterocycles. The van der Waals surface area contributed by atoms with Gasteiger partial charge in [-0.2, -0.15) is 0 Å². The quantitative estimate of drug-likeness (QED) is 0.524. The first kappa shape index (κ1) is 19.6. The van der Waals surface area contributed by atoms with Crippen molar-refractivity contribution in [2.75, 3.05) is 27.8 Å². The van der Waals surface area contributed by atoms with Gasteiger partial charge in [-0.3, -0.25) is 0 Å². The number of aryl methyl sites for hydroxylation is 1. The normalized spacial score (nSPS) is 12.1. The van der Waals surface area contributed by atoms with Crippen molar-refractivity contribution >= 4 is 12.0 Å². The summed E-state index contributed by atoms with van der Waals surface area (Å²) < 4.78 is 16.6. The Labute approximate surface area is 155 Å². The number of benzene rings is 1. The topological polar surface area (TPSA) is 56.2 Å². The molecule has 0 radical (unpaired) electrons. The Morgan fingerprint density at radius 3 is 2.35 bits per heavy atom. The minimum atomic E-state index is -0.202. The molecule has 1 unspecified atom stereocenters. The van der Waals surface area contributed by atoms with E-state index in [-0.39, 0.29) is 6.10 Å². The van der Waals surface area contributed by atoms with E-state index >= 15 is 0 Å². The lowest BCUT2D eigenvalue weighted by Gasteiger charge is -2.17. The molecule has 0 aliphatic rings. The lowest BCUT2D eigenvalue weighted by molar-refractivity contribution is 0.216. The first-order valence-electron chi connectivity index (χ1n) is 8.58. The first-order chi connectivity index (χ1) is 12.5. The summed E-state index contributed by atoms with van der Waals surface area (Å²) in [5, 5.41) is 0. The Hall–Kier alpha value is -2.76. The van der Waals surface area contributed by atoms with E-state index < -0.39 is 0 Å². The Bertz CT molecular complexity index is 740. The third-order valence-electron chi connectivity index (χ3n) is 4.07. The molecule has 0 saturated heterocycles. The molecular formula is C20H27N3O3. The van der Waals surface area contributed by atoms with Crippen LogP contribution in [0.25, 0.3) is 0 Å². The highest BCUT2D eigenvalue weighted by molar-refractivity contribution is 5.62. The number of methoxy groups -OCH3 is 2. The fourth-order valence-corrected chi connectivity index (χ4v) is 2.29. The van der Waals surface area contributed by atoms with E-state index in [2.05, 4.69) is 16.9 Å². The zero-order valence-electron chi connectivity index (χ0n) is 16.3. The molecule has 0 amide bonds. The molecule has 0 spiro atoms. The second kappa shape index (κ2) is 9.08. The van der Waals surface area contributed by atoms with Crippen LogP contribution in [0.3, 0.4) is 0 Å². The van der Waals surface area contributed by atoms with Crippen LogP contribution < -0.4 is 14.2 Å². The maximum absolute atomic E-state index is 6.00. The Kier molecular flexibility index (Phi) is 6.83. The number of aliphatic imine (C=N–C) groups is 1. The highest BCUT2D eigenvalue weighted by Crippen LogP contribution is 2.29. The number of rotatable bonds is 8. The zero-order chi connectivity index (χ0) is 19.1. The minimum Gasteiger partial charge on any atom is -0.497 e. The zero-order valence-corrected chi connectivity index (χ0v) is 16.3. The summed E-state index contributed by atoms with van der Waals surface area (Å²) in [5.74, 6) is 2.01. The molecule has 1 atom stereocenters. The van der Waals surface area contributed by atoms with Crippen LogP contribution in [0, 0.1) is 6.92 Å². The van der Waals surface area contributed by atoms with Crippen molar-refractivity contribution in [1.29, 1.82) is 0 Å². The van der Waals surface area contributed by atoms with Gasteiger partial charge < -0.3 is 19.1 Å². The maximum atomic E-state index is 6.00. The number of nitrogens with zero attached hydrogens (tertiary/aromatic N) is 3. The molecule has 0 aliphatic carbocycles. The van der Waals surface area contributed by atoms with Crippen molar-refractivity contribution in [3.8, 4) is 17.4 Å². The summed E-state index contributed by atoms with van der Waals surface area (Å²) in [6.45, 7) is 6.86. The van der Waals surface area contributed by atoms with E-state index in [4.69, 9.17) is 14.2 Å². The summed E-state index contributed by atoms with van der Waals surface area (Å²) in [6.07, 6.45) is 1.60. The molecule has 6 heteroatoms. The van der Waals surface area contributed by atoms with Gasteiger partial charge in [-0.05, 0) is 44.5 Å². The molecule has 140 valence electrons. The number of hydrogen-bond donors (Lipinski definition) is 0. The fraction of sp³-hybridized carbons (Fsp3) is 0.400. The van der Waals surface area contributed by atoms with Crippen LogP contribution in [0.4, 0.5) is 5.69 Å². The van der Waals surface area contributed by atoms with Gasteiger partial charge >= 0.3 is 0 Å². The third kappa shape index (κ3) is 5.12. The summed E-state index contributed by atoms with van der Waals surface area (Å²) in [6, 6.07) is 9.44. The van der Waals surface area contributed by atoms with Gasteiger partial charge in [-0.25, -0.2) is 9.98 Å². The lowest BCUT2D eigenvalue weighted by Crippen LogP contribution is -2.14. The van der Waals surface area contributed by atoms with E-state index in [9.17, 15) is 0 Å². The van der Waals surface area contributed by atoms with Crippen LogP contribution in [0.1, 0.15) is 31.2 Å². The molecule has 0 bridgehead atoms. The van der Waals surface area contributed by atoms with E-state index in [1.807, 2.05) is 56.1 Å². The second-order valence-corrected chi connectivity index (χ2v) is 5.98. The van der Waals surface area contributed by atoms with Crippen molar-refractivity contribution < 1.29 is 14.2 Å². The highest BCUT2D eigenvalue weighted by Gasteiger charge is 2.12.